The summed E-state index contributed by atoms with van der Waals surface area (Å²) in [6.45, 7) is 5.83. The van der Waals surface area contributed by atoms with Crippen molar-refractivity contribution < 1.29 is 19.1 Å². The number of ether oxygens (including phenoxy) is 2. The first-order valence-corrected chi connectivity index (χ1v) is 10.7. The maximum absolute atomic E-state index is 12.8. The van der Waals surface area contributed by atoms with E-state index in [1.165, 1.54) is 7.11 Å². The van der Waals surface area contributed by atoms with Crippen LogP contribution in [-0.4, -0.2) is 34.9 Å². The first-order valence-electron chi connectivity index (χ1n) is 9.11. The van der Waals surface area contributed by atoms with Gasteiger partial charge in [0.1, 0.15) is 6.61 Å². The van der Waals surface area contributed by atoms with Crippen molar-refractivity contribution in [1.29, 1.82) is 0 Å². The number of benzene rings is 2. The fourth-order valence-electron chi connectivity index (χ4n) is 2.72. The first-order chi connectivity index (χ1) is 14.8. The number of nitrogens with one attached hydrogen (secondary N) is 1. The molecule has 1 aliphatic heterocycles. The fourth-order valence-corrected chi connectivity index (χ4v) is 4.22. The summed E-state index contributed by atoms with van der Waals surface area (Å²) in [5.74, 6) is 0.133. The lowest BCUT2D eigenvalue weighted by Crippen LogP contribution is -2.44. The van der Waals surface area contributed by atoms with Crippen LogP contribution in [0.3, 0.4) is 0 Å². The van der Waals surface area contributed by atoms with E-state index < -0.39 is 11.8 Å². The molecule has 0 aromatic heterocycles. The van der Waals surface area contributed by atoms with Crippen molar-refractivity contribution in [3.63, 3.8) is 0 Å². The molecule has 9 heteroatoms. The molecular formula is C22H19ClN2O4S2. The van der Waals surface area contributed by atoms with Gasteiger partial charge in [-0.2, -0.15) is 5.01 Å². The van der Waals surface area contributed by atoms with E-state index in [0.717, 1.165) is 27.9 Å². The Morgan fingerprint density at radius 3 is 2.74 bits per heavy atom. The van der Waals surface area contributed by atoms with Gasteiger partial charge >= 0.3 is 0 Å². The molecule has 1 saturated heterocycles. The number of nitrogens with zero attached hydrogens (tertiary/aromatic N) is 1. The number of carbonyl (C=O) groups excluding carboxylic acids is 2. The molecule has 0 spiro atoms. The van der Waals surface area contributed by atoms with Gasteiger partial charge in [-0.25, -0.2) is 0 Å². The van der Waals surface area contributed by atoms with Crippen molar-refractivity contribution in [3.8, 4) is 11.5 Å². The van der Waals surface area contributed by atoms with Gasteiger partial charge in [-0.1, -0.05) is 48.2 Å². The molecule has 2 aromatic carbocycles. The summed E-state index contributed by atoms with van der Waals surface area (Å²) >= 11 is 12.5. The van der Waals surface area contributed by atoms with Gasteiger partial charge in [0.25, 0.3) is 11.8 Å². The van der Waals surface area contributed by atoms with Crippen molar-refractivity contribution in [2.75, 3.05) is 13.7 Å². The lowest BCUT2D eigenvalue weighted by atomic mass is 10.1. The molecule has 160 valence electrons. The third-order valence-electron chi connectivity index (χ3n) is 4.22. The number of rotatable bonds is 7. The Balaban J connectivity index is 1.78. The van der Waals surface area contributed by atoms with Crippen molar-refractivity contribution >= 4 is 57.8 Å². The molecule has 0 aliphatic carbocycles. The van der Waals surface area contributed by atoms with Gasteiger partial charge in [0.05, 0.1) is 22.6 Å². The summed E-state index contributed by atoms with van der Waals surface area (Å²) in [6, 6.07) is 10.3. The molecule has 0 saturated carbocycles. The van der Waals surface area contributed by atoms with Crippen LogP contribution in [0.15, 0.2) is 54.0 Å². The van der Waals surface area contributed by atoms with E-state index in [1.807, 2.05) is 6.92 Å². The van der Waals surface area contributed by atoms with Gasteiger partial charge in [-0.05, 0) is 60.6 Å². The van der Waals surface area contributed by atoms with Crippen LogP contribution in [-0.2, 0) is 4.79 Å². The highest BCUT2D eigenvalue weighted by molar-refractivity contribution is 8.26. The monoisotopic (exact) mass is 474 g/mol. The van der Waals surface area contributed by atoms with E-state index in [4.69, 9.17) is 33.3 Å². The smallest absolute Gasteiger partial charge is 0.285 e. The van der Waals surface area contributed by atoms with E-state index in [1.54, 1.807) is 48.6 Å². The van der Waals surface area contributed by atoms with Crippen LogP contribution in [0.2, 0.25) is 5.02 Å². The van der Waals surface area contributed by atoms with E-state index in [0.29, 0.717) is 28.0 Å². The predicted octanol–water partition coefficient (Wildman–Crippen LogP) is 4.77. The zero-order valence-corrected chi connectivity index (χ0v) is 19.2. The zero-order valence-electron chi connectivity index (χ0n) is 16.8. The minimum Gasteiger partial charge on any atom is -0.493 e. The van der Waals surface area contributed by atoms with E-state index >= 15 is 0 Å². The Labute approximate surface area is 194 Å². The standard InChI is InChI=1S/C22H19ClN2O4S2/c1-4-9-29-17-8-6-14(11-18(17)28-3)12-19-21(27)25(22(30)31-19)24-20(26)15-7-5-13(2)10-16(15)23/h4-8,10-12H,1,9H2,2-3H3,(H,24,26)/b19-12+. The highest BCUT2D eigenvalue weighted by atomic mass is 35.5. The van der Waals surface area contributed by atoms with Crippen LogP contribution in [0.4, 0.5) is 0 Å². The van der Waals surface area contributed by atoms with Gasteiger partial charge < -0.3 is 9.47 Å². The molecule has 2 amide bonds. The molecule has 2 aromatic rings. The Kier molecular flexibility index (Phi) is 7.37. The number of hydrogen-bond donors (Lipinski definition) is 1. The number of aryl methyl sites for hydroxylation is 1. The summed E-state index contributed by atoms with van der Waals surface area (Å²) in [7, 11) is 1.53. The number of halogens is 1. The largest absolute Gasteiger partial charge is 0.493 e. The van der Waals surface area contributed by atoms with Crippen LogP contribution >= 0.6 is 35.6 Å². The lowest BCUT2D eigenvalue weighted by molar-refractivity contribution is -0.123. The SMILES string of the molecule is C=CCOc1ccc(/C=C2/SC(=S)N(NC(=O)c3ccc(C)cc3Cl)C2=O)cc1OC. The number of amides is 2. The van der Waals surface area contributed by atoms with E-state index in [2.05, 4.69) is 12.0 Å². The summed E-state index contributed by atoms with van der Waals surface area (Å²) in [6.07, 6.45) is 3.31. The van der Waals surface area contributed by atoms with Gasteiger partial charge in [-0.3, -0.25) is 15.0 Å². The van der Waals surface area contributed by atoms with Crippen molar-refractivity contribution in [1.82, 2.24) is 10.4 Å². The average Bonchev–Trinajstić information content (AvgIpc) is 2.99. The minimum absolute atomic E-state index is 0.214. The molecular weight excluding hydrogens is 456 g/mol. The molecule has 1 N–H and O–H groups in total. The normalized spacial score (nSPS) is 14.7. The quantitative estimate of drug-likeness (QED) is 0.354. The van der Waals surface area contributed by atoms with Crippen molar-refractivity contribution in [3.05, 3.63) is 75.7 Å². The highest BCUT2D eigenvalue weighted by Crippen LogP contribution is 2.34. The number of hydrazine groups is 1. The summed E-state index contributed by atoms with van der Waals surface area (Å²) in [5, 5.41) is 1.34. The van der Waals surface area contributed by atoms with Crippen molar-refractivity contribution in [2.24, 2.45) is 0 Å². The van der Waals surface area contributed by atoms with Gasteiger partial charge in [0.15, 0.2) is 15.8 Å². The van der Waals surface area contributed by atoms with Gasteiger partial charge in [0.2, 0.25) is 0 Å². The molecule has 3 rings (SSSR count). The minimum atomic E-state index is -0.520. The molecule has 0 bridgehead atoms. The second-order valence-electron chi connectivity index (χ2n) is 6.45. The molecule has 0 atom stereocenters. The molecule has 6 nitrogen and oxygen atoms in total. The van der Waals surface area contributed by atoms with E-state index in [9.17, 15) is 9.59 Å². The zero-order chi connectivity index (χ0) is 22.5. The summed E-state index contributed by atoms with van der Waals surface area (Å²) in [5.41, 5.74) is 4.43. The highest BCUT2D eigenvalue weighted by Gasteiger charge is 2.34. The second kappa shape index (κ2) is 10.00. The van der Waals surface area contributed by atoms with Crippen molar-refractivity contribution in [2.45, 2.75) is 6.92 Å². The fraction of sp³-hybridized carbons (Fsp3) is 0.136. The molecule has 0 radical (unpaired) electrons. The van der Waals surface area contributed by atoms with Crippen LogP contribution in [0.1, 0.15) is 21.5 Å². The number of hydrogen-bond acceptors (Lipinski definition) is 6. The number of thiocarbonyl (C=S) groups is 1. The Morgan fingerprint density at radius 2 is 2.06 bits per heavy atom. The Hall–Kier alpha value is -2.81. The third kappa shape index (κ3) is 5.28. The molecule has 1 fully saturated rings. The Bertz CT molecular complexity index is 1100. The van der Waals surface area contributed by atoms with Crippen LogP contribution in [0.5, 0.6) is 11.5 Å². The lowest BCUT2D eigenvalue weighted by Gasteiger charge is -2.16. The molecule has 31 heavy (non-hydrogen) atoms. The average molecular weight is 475 g/mol. The van der Waals surface area contributed by atoms with Crippen LogP contribution in [0, 0.1) is 6.92 Å². The maximum Gasteiger partial charge on any atom is 0.285 e. The van der Waals surface area contributed by atoms with Crippen LogP contribution < -0.4 is 14.9 Å². The number of thioether (sulfide) groups is 1. The molecule has 1 heterocycles. The Morgan fingerprint density at radius 1 is 1.29 bits per heavy atom. The second-order valence-corrected chi connectivity index (χ2v) is 8.53. The first kappa shape index (κ1) is 22.9. The van der Waals surface area contributed by atoms with E-state index in [-0.39, 0.29) is 9.88 Å². The number of carbonyl (C=O) groups is 2. The number of methoxy groups -OCH3 is 1. The van der Waals surface area contributed by atoms with Crippen LogP contribution in [0.25, 0.3) is 6.08 Å². The summed E-state index contributed by atoms with van der Waals surface area (Å²) < 4.78 is 11.1. The topological polar surface area (TPSA) is 67.9 Å². The summed E-state index contributed by atoms with van der Waals surface area (Å²) in [4.78, 5) is 25.8. The third-order valence-corrected chi connectivity index (χ3v) is 5.83. The predicted molar refractivity (Wildman–Crippen MR) is 127 cm³/mol. The molecule has 0 unspecified atom stereocenters. The van der Waals surface area contributed by atoms with Gasteiger partial charge in [-0.15, -0.1) is 0 Å². The van der Waals surface area contributed by atoms with Gasteiger partial charge in [0, 0.05) is 0 Å². The molecule has 1 aliphatic rings. The maximum atomic E-state index is 12.8.